The first kappa shape index (κ1) is 15.0. The lowest BCUT2D eigenvalue weighted by Crippen LogP contribution is -2.35. The van der Waals surface area contributed by atoms with E-state index in [4.69, 9.17) is 0 Å². The maximum Gasteiger partial charge on any atom is 0.223 e. The fourth-order valence-electron chi connectivity index (χ4n) is 3.63. The van der Waals surface area contributed by atoms with Gasteiger partial charge in [-0.15, -0.1) is 0 Å². The highest BCUT2D eigenvalue weighted by Gasteiger charge is 2.26. The van der Waals surface area contributed by atoms with E-state index in [1.807, 2.05) is 19.1 Å². The van der Waals surface area contributed by atoms with Crippen LogP contribution in [0.5, 0.6) is 0 Å². The molecule has 1 aliphatic carbocycles. The number of fused-ring (bicyclic) bond motifs is 2. The lowest BCUT2D eigenvalue weighted by Gasteiger charge is -2.20. The summed E-state index contributed by atoms with van der Waals surface area (Å²) < 4.78 is 2.19. The Bertz CT molecular complexity index is 877. The molecule has 1 atom stereocenters. The molecule has 0 unspecified atom stereocenters. The first-order chi connectivity index (χ1) is 11.7. The molecule has 4 rings (SSSR count). The van der Waals surface area contributed by atoms with Crippen LogP contribution in [-0.4, -0.2) is 27.0 Å². The Kier molecular flexibility index (Phi) is 3.84. The number of carbonyl (C=O) groups excluding carboxylic acids is 1. The van der Waals surface area contributed by atoms with Crippen LogP contribution in [0.1, 0.15) is 23.6 Å². The van der Waals surface area contributed by atoms with E-state index in [0.717, 1.165) is 43.0 Å². The number of benzene rings is 1. The Labute approximate surface area is 141 Å². The fraction of sp³-hybridized carbons (Fsp3) is 0.368. The number of nitrogens with one attached hydrogen (secondary N) is 2. The Morgan fingerprint density at radius 3 is 3.17 bits per heavy atom. The zero-order valence-electron chi connectivity index (χ0n) is 13.9. The third-order valence-corrected chi connectivity index (χ3v) is 4.87. The summed E-state index contributed by atoms with van der Waals surface area (Å²) in [6.07, 6.45) is 4.63. The van der Waals surface area contributed by atoms with Crippen LogP contribution in [0.15, 0.2) is 36.5 Å². The number of aromatic nitrogens is 3. The third kappa shape index (κ3) is 2.82. The molecule has 0 aliphatic heterocycles. The number of hydrogen-bond acceptors (Lipinski definition) is 2. The minimum absolute atomic E-state index is 0.0544. The molecule has 0 saturated carbocycles. The summed E-state index contributed by atoms with van der Waals surface area (Å²) in [5, 5.41) is 4.33. The SMILES string of the molecule is Cc1nc2c([nH]1)C[C@H](C(=O)NCCn1ccc3ccccc31)CC2. The van der Waals surface area contributed by atoms with Gasteiger partial charge in [-0.2, -0.15) is 0 Å². The molecule has 2 N–H and O–H groups in total. The number of aromatic amines is 1. The average Bonchev–Trinajstić information content (AvgIpc) is 3.16. The number of rotatable bonds is 4. The maximum atomic E-state index is 12.5. The average molecular weight is 322 g/mol. The van der Waals surface area contributed by atoms with Crippen LogP contribution in [0.2, 0.25) is 0 Å². The van der Waals surface area contributed by atoms with E-state index in [1.54, 1.807) is 0 Å². The van der Waals surface area contributed by atoms with Crippen LogP contribution < -0.4 is 5.32 Å². The highest BCUT2D eigenvalue weighted by atomic mass is 16.1. The Hall–Kier alpha value is -2.56. The van der Waals surface area contributed by atoms with Gasteiger partial charge in [0.2, 0.25) is 5.91 Å². The van der Waals surface area contributed by atoms with Crippen molar-refractivity contribution >= 4 is 16.8 Å². The van der Waals surface area contributed by atoms with E-state index in [0.29, 0.717) is 6.54 Å². The third-order valence-electron chi connectivity index (χ3n) is 4.87. The van der Waals surface area contributed by atoms with Crippen molar-refractivity contribution in [3.63, 3.8) is 0 Å². The van der Waals surface area contributed by atoms with Gasteiger partial charge in [-0.25, -0.2) is 4.98 Å². The van der Waals surface area contributed by atoms with Gasteiger partial charge in [0.1, 0.15) is 5.82 Å². The molecule has 0 fully saturated rings. The summed E-state index contributed by atoms with van der Waals surface area (Å²) >= 11 is 0. The molecule has 5 heteroatoms. The second-order valence-corrected chi connectivity index (χ2v) is 6.55. The van der Waals surface area contributed by atoms with Gasteiger partial charge in [-0.3, -0.25) is 4.79 Å². The topological polar surface area (TPSA) is 62.7 Å². The molecule has 0 saturated heterocycles. The molecule has 0 spiro atoms. The fourth-order valence-corrected chi connectivity index (χ4v) is 3.63. The number of para-hydroxylation sites is 1. The highest BCUT2D eigenvalue weighted by Crippen LogP contribution is 2.24. The van der Waals surface area contributed by atoms with Crippen LogP contribution in [0.25, 0.3) is 10.9 Å². The molecule has 2 aromatic heterocycles. The second kappa shape index (κ2) is 6.15. The van der Waals surface area contributed by atoms with E-state index >= 15 is 0 Å². The summed E-state index contributed by atoms with van der Waals surface area (Å²) in [7, 11) is 0. The van der Waals surface area contributed by atoms with E-state index in [9.17, 15) is 4.79 Å². The van der Waals surface area contributed by atoms with Crippen molar-refractivity contribution in [1.82, 2.24) is 19.9 Å². The molecule has 0 bridgehead atoms. The zero-order chi connectivity index (χ0) is 16.5. The summed E-state index contributed by atoms with van der Waals surface area (Å²) in [6.45, 7) is 3.41. The second-order valence-electron chi connectivity index (χ2n) is 6.55. The van der Waals surface area contributed by atoms with Gasteiger partial charge in [0.05, 0.1) is 5.69 Å². The smallest absolute Gasteiger partial charge is 0.223 e. The monoisotopic (exact) mass is 322 g/mol. The highest BCUT2D eigenvalue weighted by molar-refractivity contribution is 5.80. The van der Waals surface area contributed by atoms with E-state index in [-0.39, 0.29) is 11.8 Å². The van der Waals surface area contributed by atoms with Gasteiger partial charge in [-0.05, 0) is 37.3 Å². The minimum atomic E-state index is 0.0544. The predicted octanol–water partition coefficient (Wildman–Crippen LogP) is 2.59. The van der Waals surface area contributed by atoms with Gasteiger partial charge < -0.3 is 14.9 Å². The molecule has 1 amide bonds. The zero-order valence-corrected chi connectivity index (χ0v) is 13.9. The first-order valence-electron chi connectivity index (χ1n) is 8.56. The standard InChI is InChI=1S/C19H22N4O/c1-13-21-16-7-6-15(12-17(16)22-13)19(24)20-9-11-23-10-8-14-4-2-3-5-18(14)23/h2-5,8,10,15H,6-7,9,11-12H2,1H3,(H,20,24)(H,21,22)/t15-/m1/s1. The number of aryl methyl sites for hydroxylation is 2. The quantitative estimate of drug-likeness (QED) is 0.775. The number of carbonyl (C=O) groups is 1. The molecule has 5 nitrogen and oxygen atoms in total. The van der Waals surface area contributed by atoms with Crippen molar-refractivity contribution in [2.45, 2.75) is 32.7 Å². The van der Waals surface area contributed by atoms with Crippen LogP contribution in [0.4, 0.5) is 0 Å². The summed E-state index contributed by atoms with van der Waals surface area (Å²) in [5.74, 6) is 1.16. The lowest BCUT2D eigenvalue weighted by atomic mass is 9.89. The molecule has 24 heavy (non-hydrogen) atoms. The summed E-state index contributed by atoms with van der Waals surface area (Å²) in [5.41, 5.74) is 3.48. The molecule has 1 aliphatic rings. The number of hydrogen-bond donors (Lipinski definition) is 2. The van der Waals surface area contributed by atoms with Gasteiger partial charge in [-0.1, -0.05) is 18.2 Å². The van der Waals surface area contributed by atoms with Crippen LogP contribution in [0, 0.1) is 12.8 Å². The molecule has 3 aromatic rings. The molecular formula is C19H22N4O. The maximum absolute atomic E-state index is 12.5. The first-order valence-corrected chi connectivity index (χ1v) is 8.56. The Balaban J connectivity index is 1.34. The van der Waals surface area contributed by atoms with E-state index < -0.39 is 0 Å². The molecule has 0 radical (unpaired) electrons. The van der Waals surface area contributed by atoms with E-state index in [1.165, 1.54) is 10.9 Å². The van der Waals surface area contributed by atoms with Crippen molar-refractivity contribution in [3.05, 3.63) is 53.7 Å². The van der Waals surface area contributed by atoms with Crippen LogP contribution in [-0.2, 0) is 24.2 Å². The number of nitrogens with zero attached hydrogens (tertiary/aromatic N) is 2. The molecule has 1 aromatic carbocycles. The largest absolute Gasteiger partial charge is 0.354 e. The van der Waals surface area contributed by atoms with Gasteiger partial charge in [0.25, 0.3) is 0 Å². The van der Waals surface area contributed by atoms with E-state index in [2.05, 4.69) is 44.2 Å². The van der Waals surface area contributed by atoms with Gasteiger partial charge >= 0.3 is 0 Å². The molecule has 124 valence electrons. The van der Waals surface area contributed by atoms with Gasteiger partial charge in [0, 0.05) is 42.8 Å². The Morgan fingerprint density at radius 2 is 2.25 bits per heavy atom. The van der Waals surface area contributed by atoms with Crippen molar-refractivity contribution in [2.75, 3.05) is 6.54 Å². The van der Waals surface area contributed by atoms with Crippen molar-refractivity contribution in [2.24, 2.45) is 5.92 Å². The molecular weight excluding hydrogens is 300 g/mol. The van der Waals surface area contributed by atoms with Crippen LogP contribution in [0.3, 0.4) is 0 Å². The number of H-pyrrole nitrogens is 1. The van der Waals surface area contributed by atoms with Crippen molar-refractivity contribution in [1.29, 1.82) is 0 Å². The Morgan fingerprint density at radius 1 is 1.38 bits per heavy atom. The predicted molar refractivity (Wildman–Crippen MR) is 93.8 cm³/mol. The van der Waals surface area contributed by atoms with Crippen molar-refractivity contribution in [3.8, 4) is 0 Å². The molecule has 2 heterocycles. The number of amides is 1. The van der Waals surface area contributed by atoms with Gasteiger partial charge in [0.15, 0.2) is 0 Å². The summed E-state index contributed by atoms with van der Waals surface area (Å²) in [6, 6.07) is 10.4. The minimum Gasteiger partial charge on any atom is -0.354 e. The lowest BCUT2D eigenvalue weighted by molar-refractivity contribution is -0.125. The number of imidazole rings is 1. The normalized spacial score (nSPS) is 17.0. The van der Waals surface area contributed by atoms with Crippen LogP contribution >= 0.6 is 0 Å². The summed E-state index contributed by atoms with van der Waals surface area (Å²) in [4.78, 5) is 20.2. The van der Waals surface area contributed by atoms with Crippen molar-refractivity contribution < 1.29 is 4.79 Å².